The van der Waals surface area contributed by atoms with E-state index in [1.165, 1.54) is 25.5 Å². The fourth-order valence-electron chi connectivity index (χ4n) is 5.65. The number of aromatic nitrogens is 4. The van der Waals surface area contributed by atoms with Crippen LogP contribution in [0.3, 0.4) is 0 Å². The van der Waals surface area contributed by atoms with Crippen LogP contribution in [0.25, 0.3) is 32.9 Å². The molecule has 0 saturated carbocycles. The second-order valence-corrected chi connectivity index (χ2v) is 9.52. The lowest BCUT2D eigenvalue weighted by molar-refractivity contribution is -0.137. The molecular weight excluding hydrogens is 429 g/mol. The van der Waals surface area contributed by atoms with Crippen molar-refractivity contribution < 1.29 is 13.2 Å². The smallest absolute Gasteiger partial charge is 0.353 e. The Morgan fingerprint density at radius 2 is 2.00 bits per heavy atom. The van der Waals surface area contributed by atoms with E-state index in [9.17, 15) is 13.2 Å². The summed E-state index contributed by atoms with van der Waals surface area (Å²) in [5, 5.41) is 11.8. The molecule has 2 aromatic carbocycles. The van der Waals surface area contributed by atoms with E-state index in [1.54, 1.807) is 12.1 Å². The van der Waals surface area contributed by atoms with Gasteiger partial charge < -0.3 is 10.2 Å². The zero-order valence-electron chi connectivity index (χ0n) is 18.3. The largest absolute Gasteiger partial charge is 0.417 e. The molecular formula is C24H23F3N6. The molecule has 2 aromatic heterocycles. The van der Waals surface area contributed by atoms with Gasteiger partial charge >= 0.3 is 6.18 Å². The van der Waals surface area contributed by atoms with Crippen LogP contribution in [-0.4, -0.2) is 44.8 Å². The Bertz CT molecular complexity index is 1390. The van der Waals surface area contributed by atoms with Gasteiger partial charge in [0.05, 0.1) is 22.8 Å². The molecule has 0 aliphatic carbocycles. The molecule has 0 radical (unpaired) electrons. The number of hydrogen-bond donors (Lipinski definition) is 2. The van der Waals surface area contributed by atoms with Crippen molar-refractivity contribution in [1.82, 2.24) is 25.5 Å². The number of nitrogens with zero attached hydrogens (tertiary/aromatic N) is 4. The predicted octanol–water partition coefficient (Wildman–Crippen LogP) is 4.83. The first-order valence-electron chi connectivity index (χ1n) is 11.0. The van der Waals surface area contributed by atoms with Gasteiger partial charge in [-0.15, -0.1) is 0 Å². The van der Waals surface area contributed by atoms with Gasteiger partial charge in [0.2, 0.25) is 0 Å². The van der Waals surface area contributed by atoms with Crippen LogP contribution >= 0.6 is 0 Å². The first kappa shape index (κ1) is 20.4. The van der Waals surface area contributed by atoms with E-state index in [0.29, 0.717) is 28.0 Å². The second kappa shape index (κ2) is 6.90. The normalized spacial score (nSPS) is 23.1. The molecule has 2 atom stereocenters. The maximum atomic E-state index is 14.1. The Hall–Kier alpha value is -3.20. The van der Waals surface area contributed by atoms with Crippen LogP contribution in [-0.2, 0) is 6.18 Å². The van der Waals surface area contributed by atoms with Crippen LogP contribution in [0, 0.1) is 6.92 Å². The van der Waals surface area contributed by atoms with E-state index >= 15 is 0 Å². The lowest BCUT2D eigenvalue weighted by atomic mass is 9.91. The number of piperazine rings is 1. The first-order valence-corrected chi connectivity index (χ1v) is 11.0. The molecule has 33 heavy (non-hydrogen) atoms. The molecule has 6 nitrogen and oxygen atoms in total. The number of H-pyrrole nitrogens is 1. The van der Waals surface area contributed by atoms with Crippen molar-refractivity contribution in [3.63, 3.8) is 0 Å². The molecule has 2 bridgehead atoms. The Kier molecular flexibility index (Phi) is 4.27. The maximum absolute atomic E-state index is 14.1. The van der Waals surface area contributed by atoms with Gasteiger partial charge in [0.15, 0.2) is 0 Å². The van der Waals surface area contributed by atoms with E-state index in [-0.39, 0.29) is 16.7 Å². The van der Waals surface area contributed by atoms with Crippen molar-refractivity contribution in [2.24, 2.45) is 0 Å². The maximum Gasteiger partial charge on any atom is 0.417 e. The third kappa shape index (κ3) is 3.25. The molecule has 0 amide bonds. The fourth-order valence-corrected chi connectivity index (χ4v) is 5.65. The summed E-state index contributed by atoms with van der Waals surface area (Å²) in [5.41, 5.74) is 1.35. The number of fused-ring (bicyclic) bond motifs is 4. The molecule has 0 unspecified atom stereocenters. The SMILES string of the molecule is Cc1cc2[nH]ncc2c(-c2ccc3c(N4C[C@H]5CC[C@@](C)(C4)N5)ncnc3c2)c1C(F)(F)F. The minimum atomic E-state index is -4.49. The molecule has 2 saturated heterocycles. The van der Waals surface area contributed by atoms with E-state index in [2.05, 4.69) is 37.3 Å². The van der Waals surface area contributed by atoms with Crippen LogP contribution < -0.4 is 10.2 Å². The summed E-state index contributed by atoms with van der Waals surface area (Å²) in [7, 11) is 0. The van der Waals surface area contributed by atoms with Gasteiger partial charge in [0, 0.05) is 41.0 Å². The van der Waals surface area contributed by atoms with Crippen molar-refractivity contribution >= 4 is 27.6 Å². The Balaban J connectivity index is 1.51. The zero-order chi connectivity index (χ0) is 23.0. The number of benzene rings is 2. The highest BCUT2D eigenvalue weighted by Crippen LogP contribution is 2.44. The predicted molar refractivity (Wildman–Crippen MR) is 121 cm³/mol. The van der Waals surface area contributed by atoms with Crippen LogP contribution in [0.5, 0.6) is 0 Å². The van der Waals surface area contributed by atoms with Gasteiger partial charge in [0.1, 0.15) is 12.1 Å². The van der Waals surface area contributed by atoms with Gasteiger partial charge in [-0.05, 0) is 56.0 Å². The topological polar surface area (TPSA) is 69.7 Å². The number of halogens is 3. The van der Waals surface area contributed by atoms with Crippen molar-refractivity contribution in [3.05, 3.63) is 47.9 Å². The summed E-state index contributed by atoms with van der Waals surface area (Å²) >= 11 is 0. The third-order valence-electron chi connectivity index (χ3n) is 7.01. The molecule has 2 aliphatic rings. The van der Waals surface area contributed by atoms with Crippen molar-refractivity contribution in [1.29, 1.82) is 0 Å². The number of rotatable bonds is 2. The molecule has 0 spiro atoms. The molecule has 9 heteroatoms. The Morgan fingerprint density at radius 1 is 1.15 bits per heavy atom. The number of aromatic amines is 1. The van der Waals surface area contributed by atoms with Crippen LogP contribution in [0.2, 0.25) is 0 Å². The molecule has 170 valence electrons. The van der Waals surface area contributed by atoms with Crippen molar-refractivity contribution in [2.75, 3.05) is 18.0 Å². The monoisotopic (exact) mass is 452 g/mol. The molecule has 2 fully saturated rings. The Labute approximate surface area is 188 Å². The van der Waals surface area contributed by atoms with E-state index in [0.717, 1.165) is 37.1 Å². The zero-order valence-corrected chi connectivity index (χ0v) is 18.3. The fraction of sp³-hybridized carbons (Fsp3) is 0.375. The van der Waals surface area contributed by atoms with Gasteiger partial charge in [-0.2, -0.15) is 18.3 Å². The van der Waals surface area contributed by atoms with Gasteiger partial charge in [-0.1, -0.05) is 6.07 Å². The van der Waals surface area contributed by atoms with Crippen LogP contribution in [0.1, 0.15) is 30.9 Å². The number of anilines is 1. The summed E-state index contributed by atoms with van der Waals surface area (Å²) in [6.07, 6.45) is 0.713. The second-order valence-electron chi connectivity index (χ2n) is 9.52. The summed E-state index contributed by atoms with van der Waals surface area (Å²) in [5.74, 6) is 0.833. The molecule has 4 aromatic rings. The van der Waals surface area contributed by atoms with E-state index in [4.69, 9.17) is 0 Å². The van der Waals surface area contributed by atoms with Crippen LogP contribution in [0.4, 0.5) is 19.0 Å². The van der Waals surface area contributed by atoms with E-state index in [1.807, 2.05) is 6.07 Å². The summed E-state index contributed by atoms with van der Waals surface area (Å²) in [4.78, 5) is 11.3. The van der Waals surface area contributed by atoms with Crippen LogP contribution in [0.15, 0.2) is 36.8 Å². The van der Waals surface area contributed by atoms with E-state index < -0.39 is 11.7 Å². The Morgan fingerprint density at radius 3 is 2.79 bits per heavy atom. The average molecular weight is 452 g/mol. The van der Waals surface area contributed by atoms with Gasteiger partial charge in [0.25, 0.3) is 0 Å². The quantitative estimate of drug-likeness (QED) is 0.456. The summed E-state index contributed by atoms with van der Waals surface area (Å²) in [6, 6.07) is 7.24. The molecule has 2 aliphatic heterocycles. The summed E-state index contributed by atoms with van der Waals surface area (Å²) < 4.78 is 42.3. The number of aryl methyl sites for hydroxylation is 1. The highest BCUT2D eigenvalue weighted by molar-refractivity contribution is 6.00. The van der Waals surface area contributed by atoms with Gasteiger partial charge in [-0.3, -0.25) is 5.10 Å². The number of alkyl halides is 3. The lowest BCUT2D eigenvalue weighted by Crippen LogP contribution is -2.58. The molecule has 6 rings (SSSR count). The number of hydrogen-bond acceptors (Lipinski definition) is 5. The molecule has 2 N–H and O–H groups in total. The van der Waals surface area contributed by atoms with Gasteiger partial charge in [-0.25, -0.2) is 9.97 Å². The lowest BCUT2D eigenvalue weighted by Gasteiger charge is -2.40. The summed E-state index contributed by atoms with van der Waals surface area (Å²) in [6.45, 7) is 5.40. The highest BCUT2D eigenvalue weighted by atomic mass is 19.4. The molecule has 4 heterocycles. The van der Waals surface area contributed by atoms with Crippen molar-refractivity contribution in [3.8, 4) is 11.1 Å². The highest BCUT2D eigenvalue weighted by Gasteiger charge is 2.42. The number of nitrogens with one attached hydrogen (secondary N) is 2. The standard InChI is InChI=1S/C24H23F3N6/c1-13-7-19-17(9-30-32-19)20(21(13)24(25,26)27)14-3-4-16-18(8-14)28-12-29-22(16)33-10-15-5-6-23(2,11-33)31-15/h3-4,7-9,12,15,31H,5-6,10-11H2,1-2H3,(H,30,32)/t15-,23+/m1/s1. The average Bonchev–Trinajstić information content (AvgIpc) is 3.33. The first-order chi connectivity index (χ1) is 15.7. The third-order valence-corrected chi connectivity index (χ3v) is 7.01. The van der Waals surface area contributed by atoms with Crippen molar-refractivity contribution in [2.45, 2.75) is 44.4 Å². The minimum Gasteiger partial charge on any atom is -0.353 e. The minimum absolute atomic E-state index is 0.0518.